The first-order valence-electron chi connectivity index (χ1n) is 12.4. The highest BCUT2D eigenvalue weighted by atomic mass is 32.1. The molecule has 6 unspecified atom stereocenters. The maximum Gasteiger partial charge on any atom is 0.329 e. The molecule has 6 nitrogen and oxygen atoms in total. The molecule has 7 heteroatoms. The Bertz CT molecular complexity index is 790. The minimum atomic E-state index is -1.55. The molecule has 0 radical (unpaired) electrons. The van der Waals surface area contributed by atoms with Crippen LogP contribution in [0.2, 0.25) is 0 Å². The first kappa shape index (κ1) is 26.0. The minimum absolute atomic E-state index is 0.170. The largest absolute Gasteiger partial charge is 0.461 e. The average Bonchev–Trinajstić information content (AvgIpc) is 2.80. The SMILES string of the molecule is CCC(Cc1ccccc1)C(C)OC(=O)C1CCCCN1C(=O)CC1(O)OC(S)CCC1C. The van der Waals surface area contributed by atoms with Crippen molar-refractivity contribution in [2.24, 2.45) is 11.8 Å². The van der Waals surface area contributed by atoms with Crippen LogP contribution in [0.5, 0.6) is 0 Å². The van der Waals surface area contributed by atoms with Crippen LogP contribution in [0.15, 0.2) is 30.3 Å². The number of esters is 1. The van der Waals surface area contributed by atoms with Crippen molar-refractivity contribution in [3.63, 3.8) is 0 Å². The summed E-state index contributed by atoms with van der Waals surface area (Å²) in [5, 5.41) is 11.0. The van der Waals surface area contributed by atoms with E-state index in [1.165, 1.54) is 5.56 Å². The van der Waals surface area contributed by atoms with E-state index in [4.69, 9.17) is 9.47 Å². The number of aliphatic hydroxyl groups is 1. The normalized spacial score (nSPS) is 29.8. The standard InChI is InChI=1S/C26H39NO5S/c1-4-21(16-20-10-6-5-7-11-20)19(3)31-25(29)22-12-8-9-15-27(22)23(28)17-26(30)18(2)13-14-24(33)32-26/h5-7,10-11,18-19,21-22,24,30,33H,4,8-9,12-17H2,1-3H3. The number of hydrogen-bond acceptors (Lipinski definition) is 6. The number of benzene rings is 1. The van der Waals surface area contributed by atoms with Crippen LogP contribution in [0.1, 0.15) is 71.3 Å². The number of nitrogens with zero attached hydrogens (tertiary/aromatic N) is 1. The molecule has 3 rings (SSSR count). The fourth-order valence-corrected chi connectivity index (χ4v) is 5.29. The van der Waals surface area contributed by atoms with E-state index in [-0.39, 0.29) is 36.2 Å². The first-order chi connectivity index (χ1) is 15.7. The maximum absolute atomic E-state index is 13.2. The molecule has 0 aliphatic carbocycles. The highest BCUT2D eigenvalue weighted by Gasteiger charge is 2.45. The van der Waals surface area contributed by atoms with Gasteiger partial charge in [0.15, 0.2) is 5.79 Å². The molecule has 6 atom stereocenters. The van der Waals surface area contributed by atoms with Crippen molar-refractivity contribution in [3.05, 3.63) is 35.9 Å². The number of ether oxygens (including phenoxy) is 2. The molecule has 33 heavy (non-hydrogen) atoms. The van der Waals surface area contributed by atoms with Crippen LogP contribution in [0.3, 0.4) is 0 Å². The summed E-state index contributed by atoms with van der Waals surface area (Å²) in [5.74, 6) is -2.14. The Morgan fingerprint density at radius 2 is 1.97 bits per heavy atom. The van der Waals surface area contributed by atoms with Crippen LogP contribution >= 0.6 is 12.6 Å². The fourth-order valence-electron chi connectivity index (χ4n) is 4.96. The van der Waals surface area contributed by atoms with Gasteiger partial charge in [-0.2, -0.15) is 0 Å². The van der Waals surface area contributed by atoms with Gasteiger partial charge in [0.2, 0.25) is 5.91 Å². The maximum atomic E-state index is 13.2. The molecular formula is C26H39NO5S. The lowest BCUT2D eigenvalue weighted by Gasteiger charge is -2.42. The summed E-state index contributed by atoms with van der Waals surface area (Å²) in [6, 6.07) is 9.60. The van der Waals surface area contributed by atoms with E-state index in [1.807, 2.05) is 32.0 Å². The summed E-state index contributed by atoms with van der Waals surface area (Å²) >= 11 is 4.34. The van der Waals surface area contributed by atoms with Crippen molar-refractivity contribution >= 4 is 24.5 Å². The third-order valence-electron chi connectivity index (χ3n) is 7.29. The van der Waals surface area contributed by atoms with Gasteiger partial charge in [-0.15, -0.1) is 12.6 Å². The Kier molecular flexibility index (Phi) is 9.25. The lowest BCUT2D eigenvalue weighted by molar-refractivity contribution is -0.263. The van der Waals surface area contributed by atoms with Crippen LogP contribution in [-0.4, -0.2) is 51.8 Å². The molecule has 1 aromatic carbocycles. The molecule has 2 aliphatic rings. The van der Waals surface area contributed by atoms with Gasteiger partial charge in [0, 0.05) is 12.5 Å². The molecule has 2 saturated heterocycles. The van der Waals surface area contributed by atoms with Gasteiger partial charge in [-0.05, 0) is 63.4 Å². The number of likely N-dealkylation sites (tertiary alicyclic amines) is 1. The summed E-state index contributed by atoms with van der Waals surface area (Å²) in [4.78, 5) is 28.0. The van der Waals surface area contributed by atoms with E-state index >= 15 is 0 Å². The van der Waals surface area contributed by atoms with Gasteiger partial charge in [-0.25, -0.2) is 4.79 Å². The third-order valence-corrected chi connectivity index (χ3v) is 7.65. The monoisotopic (exact) mass is 477 g/mol. The van der Waals surface area contributed by atoms with E-state index in [0.29, 0.717) is 13.0 Å². The summed E-state index contributed by atoms with van der Waals surface area (Å²) in [5.41, 5.74) is 0.830. The van der Waals surface area contributed by atoms with Crippen molar-refractivity contribution in [1.82, 2.24) is 4.90 Å². The van der Waals surface area contributed by atoms with E-state index in [0.717, 1.165) is 38.5 Å². The summed E-state index contributed by atoms with van der Waals surface area (Å²) in [6.07, 6.45) is 5.07. The quantitative estimate of drug-likeness (QED) is 0.430. The highest BCUT2D eigenvalue weighted by molar-refractivity contribution is 7.80. The fraction of sp³-hybridized carbons (Fsp3) is 0.692. The molecule has 0 aromatic heterocycles. The van der Waals surface area contributed by atoms with Crippen molar-refractivity contribution < 1.29 is 24.2 Å². The lowest BCUT2D eigenvalue weighted by atomic mass is 9.89. The van der Waals surface area contributed by atoms with Gasteiger partial charge in [0.1, 0.15) is 17.6 Å². The average molecular weight is 478 g/mol. The second kappa shape index (κ2) is 11.7. The van der Waals surface area contributed by atoms with Gasteiger partial charge >= 0.3 is 5.97 Å². The minimum Gasteiger partial charge on any atom is -0.461 e. The third kappa shape index (κ3) is 6.74. The predicted molar refractivity (Wildman–Crippen MR) is 131 cm³/mol. The summed E-state index contributed by atoms with van der Waals surface area (Å²) in [6.45, 7) is 6.42. The Balaban J connectivity index is 1.63. The van der Waals surface area contributed by atoms with Crippen LogP contribution in [0.4, 0.5) is 0 Å². The molecule has 0 spiro atoms. The van der Waals surface area contributed by atoms with E-state index in [9.17, 15) is 14.7 Å². The first-order valence-corrected chi connectivity index (χ1v) is 12.9. The smallest absolute Gasteiger partial charge is 0.329 e. The molecule has 0 saturated carbocycles. The molecule has 1 amide bonds. The number of piperidine rings is 1. The van der Waals surface area contributed by atoms with Gasteiger partial charge in [0.05, 0.1) is 6.42 Å². The van der Waals surface area contributed by atoms with Gasteiger partial charge in [-0.3, -0.25) is 4.79 Å². The molecule has 2 heterocycles. The Labute approximate surface area is 203 Å². The van der Waals surface area contributed by atoms with Crippen molar-refractivity contribution in [3.8, 4) is 0 Å². The van der Waals surface area contributed by atoms with E-state index in [1.54, 1.807) is 4.90 Å². The zero-order chi connectivity index (χ0) is 24.0. The number of amides is 1. The highest BCUT2D eigenvalue weighted by Crippen LogP contribution is 2.37. The molecule has 2 aliphatic heterocycles. The summed E-state index contributed by atoms with van der Waals surface area (Å²) in [7, 11) is 0. The zero-order valence-electron chi connectivity index (χ0n) is 20.1. The second-order valence-corrected chi connectivity index (χ2v) is 10.2. The zero-order valence-corrected chi connectivity index (χ0v) is 21.0. The lowest BCUT2D eigenvalue weighted by Crippen LogP contribution is -2.54. The Hall–Kier alpha value is -1.57. The summed E-state index contributed by atoms with van der Waals surface area (Å²) < 4.78 is 11.6. The van der Waals surface area contributed by atoms with Gasteiger partial charge in [0.25, 0.3) is 0 Å². The van der Waals surface area contributed by atoms with Gasteiger partial charge in [-0.1, -0.05) is 44.2 Å². The predicted octanol–water partition coefficient (Wildman–Crippen LogP) is 4.35. The van der Waals surface area contributed by atoms with E-state index in [2.05, 4.69) is 31.7 Å². The molecule has 0 bridgehead atoms. The van der Waals surface area contributed by atoms with Gasteiger partial charge < -0.3 is 19.5 Å². The number of hydrogen-bond donors (Lipinski definition) is 2. The van der Waals surface area contributed by atoms with Crippen molar-refractivity contribution in [2.75, 3.05) is 6.54 Å². The number of rotatable bonds is 8. The van der Waals surface area contributed by atoms with Crippen LogP contribution < -0.4 is 0 Å². The Morgan fingerprint density at radius 1 is 1.24 bits per heavy atom. The Morgan fingerprint density at radius 3 is 2.67 bits per heavy atom. The molecule has 184 valence electrons. The molecule has 2 fully saturated rings. The van der Waals surface area contributed by atoms with Crippen molar-refractivity contribution in [2.45, 2.75) is 95.5 Å². The molecular weight excluding hydrogens is 438 g/mol. The van der Waals surface area contributed by atoms with Crippen LogP contribution in [0.25, 0.3) is 0 Å². The van der Waals surface area contributed by atoms with E-state index < -0.39 is 17.3 Å². The molecule has 1 aromatic rings. The van der Waals surface area contributed by atoms with Crippen LogP contribution in [0, 0.1) is 11.8 Å². The number of carbonyl (C=O) groups excluding carboxylic acids is 2. The number of carbonyl (C=O) groups is 2. The second-order valence-electron chi connectivity index (χ2n) is 9.67. The topological polar surface area (TPSA) is 76.1 Å². The number of thiol groups is 1. The van der Waals surface area contributed by atoms with Crippen LogP contribution in [-0.2, 0) is 25.5 Å². The molecule has 1 N–H and O–H groups in total. The van der Waals surface area contributed by atoms with Crippen molar-refractivity contribution in [1.29, 1.82) is 0 Å².